The van der Waals surface area contributed by atoms with Gasteiger partial charge in [-0.1, -0.05) is 6.42 Å². The molecule has 1 unspecified atom stereocenters. The van der Waals surface area contributed by atoms with Gasteiger partial charge >= 0.3 is 0 Å². The fourth-order valence-corrected chi connectivity index (χ4v) is 2.89. The summed E-state index contributed by atoms with van der Waals surface area (Å²) in [5.41, 5.74) is 2.56. The zero-order valence-electron chi connectivity index (χ0n) is 11.1. The average molecular weight is 273 g/mol. The minimum atomic E-state index is -0.328. The van der Waals surface area contributed by atoms with E-state index in [1.54, 1.807) is 6.07 Å². The van der Waals surface area contributed by atoms with E-state index in [9.17, 15) is 4.39 Å². The van der Waals surface area contributed by atoms with Crippen molar-refractivity contribution in [2.75, 3.05) is 0 Å². The highest BCUT2D eigenvalue weighted by atomic mass is 19.1. The second-order valence-corrected chi connectivity index (χ2v) is 5.61. The summed E-state index contributed by atoms with van der Waals surface area (Å²) in [6, 6.07) is 5.06. The Labute approximate surface area is 116 Å². The van der Waals surface area contributed by atoms with Gasteiger partial charge in [-0.25, -0.2) is 4.39 Å². The standard InChI is InChI=1S/C15H16FN3O/c16-11-4-5-13(17-7-11)14-6-12-9-20-15(8-19(12)18-14)10-2-1-3-10/h4-7,10,15H,1-3,8-9H2. The highest BCUT2D eigenvalue weighted by molar-refractivity contribution is 5.54. The first-order valence-corrected chi connectivity index (χ1v) is 7.10. The number of halogens is 1. The van der Waals surface area contributed by atoms with Crippen molar-refractivity contribution >= 4 is 0 Å². The van der Waals surface area contributed by atoms with E-state index in [1.807, 2.05) is 10.7 Å². The first-order valence-electron chi connectivity index (χ1n) is 7.10. The van der Waals surface area contributed by atoms with Crippen LogP contribution in [0.15, 0.2) is 24.4 Å². The van der Waals surface area contributed by atoms with Gasteiger partial charge in [0.25, 0.3) is 0 Å². The summed E-state index contributed by atoms with van der Waals surface area (Å²) in [5, 5.41) is 4.59. The normalized spacial score (nSPS) is 22.4. The molecular formula is C15H16FN3O. The summed E-state index contributed by atoms with van der Waals surface area (Å²) in [5.74, 6) is 0.367. The number of fused-ring (bicyclic) bond motifs is 1. The molecule has 1 aliphatic carbocycles. The van der Waals surface area contributed by atoms with Crippen molar-refractivity contribution in [3.05, 3.63) is 35.9 Å². The van der Waals surface area contributed by atoms with Crippen molar-refractivity contribution in [2.45, 2.75) is 38.5 Å². The predicted octanol–water partition coefficient (Wildman–Crippen LogP) is 2.78. The monoisotopic (exact) mass is 273 g/mol. The van der Waals surface area contributed by atoms with Gasteiger partial charge in [0, 0.05) is 0 Å². The second kappa shape index (κ2) is 4.66. The van der Waals surface area contributed by atoms with Gasteiger partial charge < -0.3 is 4.74 Å². The lowest BCUT2D eigenvalue weighted by atomic mass is 9.81. The predicted molar refractivity (Wildman–Crippen MR) is 71.3 cm³/mol. The summed E-state index contributed by atoms with van der Waals surface area (Å²) in [4.78, 5) is 4.08. The van der Waals surface area contributed by atoms with Crippen LogP contribution in [-0.4, -0.2) is 20.9 Å². The fraction of sp³-hybridized carbons (Fsp3) is 0.467. The molecule has 0 radical (unpaired) electrons. The molecule has 0 aromatic carbocycles. The molecule has 5 heteroatoms. The van der Waals surface area contributed by atoms with Gasteiger partial charge in [-0.2, -0.15) is 5.10 Å². The van der Waals surface area contributed by atoms with Gasteiger partial charge in [-0.15, -0.1) is 0 Å². The minimum Gasteiger partial charge on any atom is -0.370 e. The fourth-order valence-electron chi connectivity index (χ4n) is 2.89. The third-order valence-electron chi connectivity index (χ3n) is 4.33. The van der Waals surface area contributed by atoms with Crippen LogP contribution in [-0.2, 0) is 17.9 Å². The molecule has 20 heavy (non-hydrogen) atoms. The molecule has 0 saturated heterocycles. The molecule has 3 heterocycles. The zero-order chi connectivity index (χ0) is 13.5. The minimum absolute atomic E-state index is 0.296. The van der Waals surface area contributed by atoms with Gasteiger partial charge in [0.05, 0.1) is 36.8 Å². The molecule has 2 aliphatic rings. The highest BCUT2D eigenvalue weighted by Crippen LogP contribution is 2.34. The van der Waals surface area contributed by atoms with Crippen LogP contribution in [0, 0.1) is 11.7 Å². The lowest BCUT2D eigenvalue weighted by Crippen LogP contribution is -2.37. The van der Waals surface area contributed by atoms with E-state index >= 15 is 0 Å². The van der Waals surface area contributed by atoms with Crippen LogP contribution in [0.1, 0.15) is 25.0 Å². The van der Waals surface area contributed by atoms with Crippen molar-refractivity contribution in [3.8, 4) is 11.4 Å². The number of nitrogens with zero attached hydrogens (tertiary/aromatic N) is 3. The van der Waals surface area contributed by atoms with Crippen molar-refractivity contribution in [3.63, 3.8) is 0 Å². The Morgan fingerprint density at radius 2 is 2.15 bits per heavy atom. The van der Waals surface area contributed by atoms with E-state index in [1.165, 1.54) is 31.5 Å². The van der Waals surface area contributed by atoms with Gasteiger partial charge in [0.1, 0.15) is 11.5 Å². The topological polar surface area (TPSA) is 39.9 Å². The molecule has 0 spiro atoms. The molecule has 4 nitrogen and oxygen atoms in total. The first-order chi connectivity index (χ1) is 9.79. The molecule has 0 bridgehead atoms. The summed E-state index contributed by atoms with van der Waals surface area (Å²) >= 11 is 0. The van der Waals surface area contributed by atoms with Crippen LogP contribution in [0.25, 0.3) is 11.4 Å². The maximum absolute atomic E-state index is 12.9. The first kappa shape index (κ1) is 12.0. The largest absolute Gasteiger partial charge is 0.370 e. The van der Waals surface area contributed by atoms with E-state index in [-0.39, 0.29) is 5.82 Å². The Kier molecular flexibility index (Phi) is 2.80. The maximum Gasteiger partial charge on any atom is 0.141 e. The molecule has 1 fully saturated rings. The molecule has 1 aliphatic heterocycles. The Bertz CT molecular complexity index is 619. The average Bonchev–Trinajstić information content (AvgIpc) is 2.80. The van der Waals surface area contributed by atoms with Crippen molar-refractivity contribution < 1.29 is 9.13 Å². The summed E-state index contributed by atoms with van der Waals surface area (Å²) in [7, 11) is 0. The van der Waals surface area contributed by atoms with Gasteiger partial charge in [0.15, 0.2) is 0 Å². The van der Waals surface area contributed by atoms with Crippen molar-refractivity contribution in [1.82, 2.24) is 14.8 Å². The van der Waals surface area contributed by atoms with E-state index in [0.29, 0.717) is 24.3 Å². The van der Waals surface area contributed by atoms with Crippen molar-refractivity contribution in [2.24, 2.45) is 5.92 Å². The van der Waals surface area contributed by atoms with Crippen LogP contribution in [0.5, 0.6) is 0 Å². The quantitative estimate of drug-likeness (QED) is 0.844. The van der Waals surface area contributed by atoms with E-state index in [0.717, 1.165) is 17.9 Å². The SMILES string of the molecule is Fc1ccc(-c2cc3n(n2)CC(C2CCC2)OC3)nc1. The molecule has 1 saturated carbocycles. The summed E-state index contributed by atoms with van der Waals surface area (Å²) in [6.07, 6.45) is 5.38. The third kappa shape index (κ3) is 2.02. The van der Waals surface area contributed by atoms with Crippen LogP contribution in [0.2, 0.25) is 0 Å². The van der Waals surface area contributed by atoms with Crippen LogP contribution in [0.4, 0.5) is 4.39 Å². The number of ether oxygens (including phenoxy) is 1. The third-order valence-corrected chi connectivity index (χ3v) is 4.33. The number of hydrogen-bond donors (Lipinski definition) is 0. The Morgan fingerprint density at radius 3 is 2.85 bits per heavy atom. The Balaban J connectivity index is 1.59. The molecule has 0 N–H and O–H groups in total. The van der Waals surface area contributed by atoms with Crippen molar-refractivity contribution in [1.29, 1.82) is 0 Å². The molecule has 2 aromatic rings. The molecule has 104 valence electrons. The number of rotatable bonds is 2. The zero-order valence-corrected chi connectivity index (χ0v) is 11.1. The van der Waals surface area contributed by atoms with E-state index < -0.39 is 0 Å². The smallest absolute Gasteiger partial charge is 0.141 e. The second-order valence-electron chi connectivity index (χ2n) is 5.61. The van der Waals surface area contributed by atoms with Gasteiger partial charge in [-0.05, 0) is 37.0 Å². The molecule has 0 amide bonds. The molecule has 2 aromatic heterocycles. The highest BCUT2D eigenvalue weighted by Gasteiger charge is 2.32. The van der Waals surface area contributed by atoms with Crippen LogP contribution < -0.4 is 0 Å². The van der Waals surface area contributed by atoms with E-state index in [4.69, 9.17) is 4.74 Å². The lowest BCUT2D eigenvalue weighted by molar-refractivity contribution is -0.0555. The number of hydrogen-bond acceptors (Lipinski definition) is 3. The maximum atomic E-state index is 12.9. The summed E-state index contributed by atoms with van der Waals surface area (Å²) in [6.45, 7) is 1.43. The lowest BCUT2D eigenvalue weighted by Gasteiger charge is -2.36. The molecule has 1 atom stereocenters. The Hall–Kier alpha value is -1.75. The Morgan fingerprint density at radius 1 is 1.25 bits per heavy atom. The summed E-state index contributed by atoms with van der Waals surface area (Å²) < 4.78 is 20.9. The number of pyridine rings is 1. The number of aromatic nitrogens is 3. The van der Waals surface area contributed by atoms with Gasteiger partial charge in [0.2, 0.25) is 0 Å². The molecular weight excluding hydrogens is 257 g/mol. The van der Waals surface area contributed by atoms with E-state index in [2.05, 4.69) is 10.1 Å². The molecule has 4 rings (SSSR count). The van der Waals surface area contributed by atoms with Gasteiger partial charge in [-0.3, -0.25) is 9.67 Å². The van der Waals surface area contributed by atoms with Crippen LogP contribution in [0.3, 0.4) is 0 Å². The van der Waals surface area contributed by atoms with Crippen LogP contribution >= 0.6 is 0 Å².